The summed E-state index contributed by atoms with van der Waals surface area (Å²) in [6.07, 6.45) is 1.82. The van der Waals surface area contributed by atoms with E-state index in [1.54, 1.807) is 18.2 Å². The first-order valence-electron chi connectivity index (χ1n) is 7.70. The molecular formula is C16H26N2O4S. The number of para-hydroxylation sites is 2. The first-order chi connectivity index (χ1) is 10.7. The van der Waals surface area contributed by atoms with Gasteiger partial charge in [-0.2, -0.15) is 4.31 Å². The van der Waals surface area contributed by atoms with Gasteiger partial charge in [-0.1, -0.05) is 26.0 Å². The number of nitrogens with one attached hydrogen (secondary N) is 1. The number of hydrogen-bond acceptors (Lipinski definition) is 4. The van der Waals surface area contributed by atoms with Crippen molar-refractivity contribution in [3.63, 3.8) is 0 Å². The Morgan fingerprint density at radius 2 is 1.96 bits per heavy atom. The molecule has 0 aliphatic carbocycles. The molecule has 0 fully saturated rings. The molecule has 0 aliphatic heterocycles. The average molecular weight is 342 g/mol. The van der Waals surface area contributed by atoms with E-state index >= 15 is 0 Å². The molecule has 0 unspecified atom stereocenters. The molecule has 0 atom stereocenters. The molecule has 0 aromatic heterocycles. The normalized spacial score (nSPS) is 11.7. The lowest BCUT2D eigenvalue weighted by molar-refractivity contribution is -0.116. The van der Waals surface area contributed by atoms with Gasteiger partial charge in [-0.15, -0.1) is 0 Å². The van der Waals surface area contributed by atoms with Crippen molar-refractivity contribution in [1.29, 1.82) is 0 Å². The van der Waals surface area contributed by atoms with Crippen molar-refractivity contribution in [2.75, 3.05) is 31.3 Å². The number of carbonyl (C=O) groups is 1. The van der Waals surface area contributed by atoms with Gasteiger partial charge in [0.2, 0.25) is 15.9 Å². The fraction of sp³-hybridized carbons (Fsp3) is 0.562. The maximum Gasteiger partial charge on any atom is 0.239 e. The van der Waals surface area contributed by atoms with E-state index in [2.05, 4.69) is 5.32 Å². The molecule has 1 N–H and O–H groups in total. The molecule has 1 amide bonds. The van der Waals surface area contributed by atoms with E-state index in [4.69, 9.17) is 4.74 Å². The van der Waals surface area contributed by atoms with Crippen molar-refractivity contribution < 1.29 is 17.9 Å². The zero-order chi connectivity index (χ0) is 17.5. The van der Waals surface area contributed by atoms with Crippen LogP contribution in [0.15, 0.2) is 24.3 Å². The highest BCUT2D eigenvalue weighted by molar-refractivity contribution is 7.88. The summed E-state index contributed by atoms with van der Waals surface area (Å²) in [4.78, 5) is 12.2. The van der Waals surface area contributed by atoms with Crippen LogP contribution in [-0.4, -0.2) is 44.6 Å². The van der Waals surface area contributed by atoms with Crippen molar-refractivity contribution in [3.8, 4) is 5.75 Å². The summed E-state index contributed by atoms with van der Waals surface area (Å²) in [5.74, 6) is 0.545. The van der Waals surface area contributed by atoms with E-state index < -0.39 is 10.0 Å². The maximum absolute atomic E-state index is 12.2. The van der Waals surface area contributed by atoms with Gasteiger partial charge in [0, 0.05) is 6.54 Å². The number of nitrogens with zero attached hydrogens (tertiary/aromatic N) is 1. The van der Waals surface area contributed by atoms with E-state index in [1.165, 1.54) is 4.31 Å². The third kappa shape index (κ3) is 7.00. The molecule has 0 heterocycles. The summed E-state index contributed by atoms with van der Waals surface area (Å²) in [5.41, 5.74) is 0.539. The maximum atomic E-state index is 12.2. The fourth-order valence-electron chi connectivity index (χ4n) is 1.97. The molecule has 0 spiro atoms. The molecule has 1 aromatic carbocycles. The zero-order valence-corrected chi connectivity index (χ0v) is 15.0. The van der Waals surface area contributed by atoms with Crippen molar-refractivity contribution >= 4 is 21.6 Å². The van der Waals surface area contributed by atoms with Gasteiger partial charge in [0.05, 0.1) is 25.1 Å². The van der Waals surface area contributed by atoms with Crippen LogP contribution < -0.4 is 10.1 Å². The molecule has 7 heteroatoms. The molecule has 0 saturated heterocycles. The second-order valence-corrected chi connectivity index (χ2v) is 7.74. The third-order valence-corrected chi connectivity index (χ3v) is 4.46. The Morgan fingerprint density at radius 3 is 2.52 bits per heavy atom. The van der Waals surface area contributed by atoms with Gasteiger partial charge in [0.25, 0.3) is 0 Å². The standard InChI is InChI=1S/C16H26N2O4S/c1-5-22-15-9-7-6-8-14(15)17-16(19)12-18(23(4,20)21)11-10-13(2)3/h6-9,13H,5,10-12H2,1-4H3,(H,17,19). The number of anilines is 1. The van der Waals surface area contributed by atoms with Crippen molar-refractivity contribution in [1.82, 2.24) is 4.31 Å². The Balaban J connectivity index is 2.76. The number of carbonyl (C=O) groups excluding carboxylic acids is 1. The monoisotopic (exact) mass is 342 g/mol. The minimum atomic E-state index is -3.43. The quantitative estimate of drug-likeness (QED) is 0.747. The van der Waals surface area contributed by atoms with Crippen LogP contribution in [0.4, 0.5) is 5.69 Å². The van der Waals surface area contributed by atoms with Gasteiger partial charge in [0.15, 0.2) is 0 Å². The SMILES string of the molecule is CCOc1ccccc1NC(=O)CN(CCC(C)C)S(C)(=O)=O. The number of benzene rings is 1. The van der Waals surface area contributed by atoms with Gasteiger partial charge in [-0.25, -0.2) is 8.42 Å². The Labute approximate surface area is 138 Å². The smallest absolute Gasteiger partial charge is 0.239 e. The summed E-state index contributed by atoms with van der Waals surface area (Å²) >= 11 is 0. The number of ether oxygens (including phenoxy) is 1. The van der Waals surface area contributed by atoms with E-state index in [9.17, 15) is 13.2 Å². The Hall–Kier alpha value is -1.60. The van der Waals surface area contributed by atoms with E-state index in [0.717, 1.165) is 6.26 Å². The lowest BCUT2D eigenvalue weighted by Gasteiger charge is -2.20. The van der Waals surface area contributed by atoms with E-state index in [0.29, 0.717) is 36.9 Å². The van der Waals surface area contributed by atoms with Crippen LogP contribution in [0.5, 0.6) is 5.75 Å². The minimum Gasteiger partial charge on any atom is -0.492 e. The highest BCUT2D eigenvalue weighted by Crippen LogP contribution is 2.23. The minimum absolute atomic E-state index is 0.202. The molecule has 0 bridgehead atoms. The highest BCUT2D eigenvalue weighted by Gasteiger charge is 2.20. The molecule has 130 valence electrons. The first kappa shape index (κ1) is 19.4. The Bertz CT molecular complexity index is 614. The first-order valence-corrected chi connectivity index (χ1v) is 9.55. The highest BCUT2D eigenvalue weighted by atomic mass is 32.2. The van der Waals surface area contributed by atoms with Crippen LogP contribution in [0.3, 0.4) is 0 Å². The number of amides is 1. The average Bonchev–Trinajstić information content (AvgIpc) is 2.44. The summed E-state index contributed by atoms with van der Waals surface area (Å²) < 4.78 is 30.3. The van der Waals surface area contributed by atoms with Crippen molar-refractivity contribution in [2.24, 2.45) is 5.92 Å². The number of rotatable bonds is 9. The van der Waals surface area contributed by atoms with Gasteiger partial charge >= 0.3 is 0 Å². The summed E-state index contributed by atoms with van der Waals surface area (Å²) in [5, 5.41) is 2.72. The van der Waals surface area contributed by atoms with Crippen LogP contribution in [0.2, 0.25) is 0 Å². The van der Waals surface area contributed by atoms with Gasteiger partial charge in [-0.3, -0.25) is 4.79 Å². The molecule has 1 aromatic rings. The van der Waals surface area contributed by atoms with Crippen LogP contribution in [-0.2, 0) is 14.8 Å². The summed E-state index contributed by atoms with van der Waals surface area (Å²) in [6.45, 7) is 6.49. The Kier molecular flexibility index (Phi) is 7.51. The molecule has 6 nitrogen and oxygen atoms in total. The molecule has 23 heavy (non-hydrogen) atoms. The van der Waals surface area contributed by atoms with Crippen LogP contribution >= 0.6 is 0 Å². The fourth-order valence-corrected chi connectivity index (χ4v) is 2.75. The number of sulfonamides is 1. The van der Waals surface area contributed by atoms with Crippen LogP contribution in [0.1, 0.15) is 27.2 Å². The van der Waals surface area contributed by atoms with Gasteiger partial charge in [-0.05, 0) is 31.4 Å². The summed E-state index contributed by atoms with van der Waals surface area (Å²) in [6, 6.07) is 7.07. The molecule has 1 rings (SSSR count). The third-order valence-electron chi connectivity index (χ3n) is 3.21. The van der Waals surface area contributed by atoms with E-state index in [-0.39, 0.29) is 12.5 Å². The predicted octanol–water partition coefficient (Wildman–Crippen LogP) is 2.33. The second-order valence-electron chi connectivity index (χ2n) is 5.76. The number of hydrogen-bond donors (Lipinski definition) is 1. The predicted molar refractivity (Wildman–Crippen MR) is 92.1 cm³/mol. The molecule has 0 saturated carbocycles. The van der Waals surface area contributed by atoms with Crippen molar-refractivity contribution in [2.45, 2.75) is 27.2 Å². The zero-order valence-electron chi connectivity index (χ0n) is 14.2. The molecule has 0 radical (unpaired) electrons. The topological polar surface area (TPSA) is 75.7 Å². The lowest BCUT2D eigenvalue weighted by atomic mass is 10.1. The lowest BCUT2D eigenvalue weighted by Crippen LogP contribution is -2.38. The Morgan fingerprint density at radius 1 is 1.30 bits per heavy atom. The largest absolute Gasteiger partial charge is 0.492 e. The van der Waals surface area contributed by atoms with Gasteiger partial charge < -0.3 is 10.1 Å². The molecule has 0 aliphatic rings. The van der Waals surface area contributed by atoms with Crippen LogP contribution in [0, 0.1) is 5.92 Å². The molecular weight excluding hydrogens is 316 g/mol. The summed E-state index contributed by atoms with van der Waals surface area (Å²) in [7, 11) is -3.43. The van der Waals surface area contributed by atoms with E-state index in [1.807, 2.05) is 26.8 Å². The van der Waals surface area contributed by atoms with Crippen molar-refractivity contribution in [3.05, 3.63) is 24.3 Å². The van der Waals surface area contributed by atoms with Gasteiger partial charge in [0.1, 0.15) is 5.75 Å². The van der Waals surface area contributed by atoms with Crippen LogP contribution in [0.25, 0.3) is 0 Å². The second kappa shape index (κ2) is 8.88.